The molecule has 6 nitrogen and oxygen atoms in total. The van der Waals surface area contributed by atoms with Gasteiger partial charge < -0.3 is 10.2 Å². The van der Waals surface area contributed by atoms with Gasteiger partial charge in [-0.25, -0.2) is 0 Å². The summed E-state index contributed by atoms with van der Waals surface area (Å²) in [6.45, 7) is -0.296. The summed E-state index contributed by atoms with van der Waals surface area (Å²) in [5.41, 5.74) is 0.909. The van der Waals surface area contributed by atoms with Crippen LogP contribution in [-0.4, -0.2) is 29.8 Å². The average molecular weight is 324 g/mol. The van der Waals surface area contributed by atoms with E-state index in [-0.39, 0.29) is 24.9 Å². The van der Waals surface area contributed by atoms with E-state index in [1.54, 1.807) is 24.3 Å². The van der Waals surface area contributed by atoms with E-state index in [4.69, 9.17) is 10.5 Å². The van der Waals surface area contributed by atoms with Crippen LogP contribution < -0.4 is 5.32 Å². The van der Waals surface area contributed by atoms with Gasteiger partial charge >= 0.3 is 0 Å². The van der Waals surface area contributed by atoms with Crippen LogP contribution in [0.15, 0.2) is 24.3 Å². The maximum atomic E-state index is 12.4. The van der Waals surface area contributed by atoms with Gasteiger partial charge in [-0.05, 0) is 31.0 Å². The number of nitriles is 2. The van der Waals surface area contributed by atoms with Gasteiger partial charge in [-0.3, -0.25) is 9.59 Å². The van der Waals surface area contributed by atoms with Crippen LogP contribution in [0.1, 0.15) is 42.5 Å². The first kappa shape index (κ1) is 17.5. The van der Waals surface area contributed by atoms with Crippen LogP contribution >= 0.6 is 0 Å². The number of anilines is 1. The lowest BCUT2D eigenvalue weighted by Gasteiger charge is -2.21. The second-order valence-electron chi connectivity index (χ2n) is 5.88. The van der Waals surface area contributed by atoms with E-state index in [0.29, 0.717) is 11.3 Å². The van der Waals surface area contributed by atoms with Crippen molar-refractivity contribution >= 4 is 17.5 Å². The zero-order chi connectivity index (χ0) is 17.4. The van der Waals surface area contributed by atoms with Crippen LogP contribution in [0.4, 0.5) is 5.69 Å². The van der Waals surface area contributed by atoms with Gasteiger partial charge in [0.2, 0.25) is 5.91 Å². The van der Waals surface area contributed by atoms with Crippen molar-refractivity contribution < 1.29 is 9.59 Å². The van der Waals surface area contributed by atoms with Gasteiger partial charge in [0.1, 0.15) is 13.1 Å². The lowest BCUT2D eigenvalue weighted by Crippen LogP contribution is -2.32. The van der Waals surface area contributed by atoms with Crippen molar-refractivity contribution in [1.82, 2.24) is 4.90 Å². The molecule has 0 aliphatic heterocycles. The Morgan fingerprint density at radius 3 is 2.42 bits per heavy atom. The third-order valence-electron chi connectivity index (χ3n) is 4.16. The predicted molar refractivity (Wildman–Crippen MR) is 88.8 cm³/mol. The molecule has 24 heavy (non-hydrogen) atoms. The molecule has 1 N–H and O–H groups in total. The molecular formula is C18H20N4O2. The molecular weight excluding hydrogens is 304 g/mol. The van der Waals surface area contributed by atoms with Gasteiger partial charge in [0.05, 0.1) is 12.1 Å². The van der Waals surface area contributed by atoms with Crippen molar-refractivity contribution in [1.29, 1.82) is 10.5 Å². The molecule has 0 unspecified atom stereocenters. The van der Waals surface area contributed by atoms with Gasteiger partial charge in [0.25, 0.3) is 5.91 Å². The minimum Gasteiger partial charge on any atom is -0.326 e. The van der Waals surface area contributed by atoms with Crippen molar-refractivity contribution in [3.8, 4) is 12.1 Å². The molecule has 2 rings (SSSR count). The van der Waals surface area contributed by atoms with Crippen LogP contribution in [0.3, 0.4) is 0 Å². The molecule has 0 bridgehead atoms. The van der Waals surface area contributed by atoms with E-state index >= 15 is 0 Å². The van der Waals surface area contributed by atoms with Crippen molar-refractivity contribution in [2.45, 2.75) is 32.1 Å². The number of benzene rings is 1. The second kappa shape index (κ2) is 8.69. The highest BCUT2D eigenvalue weighted by molar-refractivity contribution is 5.97. The molecule has 1 saturated carbocycles. The number of hydrogen-bond donors (Lipinski definition) is 1. The SMILES string of the molecule is N#CCN(CC#N)C(=O)c1cccc(NC(=O)C2CCCCC2)c1. The van der Waals surface area contributed by atoms with Crippen LogP contribution in [-0.2, 0) is 4.79 Å². The topological polar surface area (TPSA) is 97.0 Å². The first-order valence-corrected chi connectivity index (χ1v) is 8.10. The van der Waals surface area contributed by atoms with Crippen molar-refractivity contribution in [3.05, 3.63) is 29.8 Å². The molecule has 0 heterocycles. The fourth-order valence-corrected chi connectivity index (χ4v) is 2.89. The molecule has 0 saturated heterocycles. The van der Waals surface area contributed by atoms with E-state index in [2.05, 4.69) is 5.32 Å². The summed E-state index contributed by atoms with van der Waals surface area (Å²) in [5, 5.41) is 20.4. The Morgan fingerprint density at radius 1 is 1.12 bits per heavy atom. The number of carbonyl (C=O) groups is 2. The first-order valence-electron chi connectivity index (χ1n) is 8.10. The van der Waals surface area contributed by atoms with Crippen molar-refractivity contribution in [2.75, 3.05) is 18.4 Å². The van der Waals surface area contributed by atoms with E-state index < -0.39 is 5.91 Å². The molecule has 6 heteroatoms. The zero-order valence-electron chi connectivity index (χ0n) is 13.5. The summed E-state index contributed by atoms with van der Waals surface area (Å²) in [7, 11) is 0. The van der Waals surface area contributed by atoms with E-state index in [9.17, 15) is 9.59 Å². The summed E-state index contributed by atoms with van der Waals surface area (Å²) in [4.78, 5) is 25.8. The van der Waals surface area contributed by atoms with Gasteiger partial charge in [-0.1, -0.05) is 25.3 Å². The fraction of sp³-hybridized carbons (Fsp3) is 0.444. The molecule has 0 atom stereocenters. The van der Waals surface area contributed by atoms with Gasteiger partial charge in [-0.2, -0.15) is 10.5 Å². The minimum absolute atomic E-state index is 0.00907. The molecule has 1 aliphatic rings. The number of nitrogens with one attached hydrogen (secondary N) is 1. The molecule has 0 radical (unpaired) electrons. The number of rotatable bonds is 5. The summed E-state index contributed by atoms with van der Waals surface area (Å²) in [6, 6.07) is 10.4. The molecule has 1 aliphatic carbocycles. The number of hydrogen-bond acceptors (Lipinski definition) is 4. The first-order chi connectivity index (χ1) is 11.7. The van der Waals surface area contributed by atoms with E-state index in [0.717, 1.165) is 25.7 Å². The minimum atomic E-state index is -0.396. The van der Waals surface area contributed by atoms with Gasteiger partial charge in [0, 0.05) is 17.2 Å². The lowest BCUT2D eigenvalue weighted by molar-refractivity contribution is -0.120. The quantitative estimate of drug-likeness (QED) is 0.842. The molecule has 1 aromatic rings. The largest absolute Gasteiger partial charge is 0.326 e. The van der Waals surface area contributed by atoms with Crippen molar-refractivity contribution in [3.63, 3.8) is 0 Å². The Balaban J connectivity index is 2.07. The Hall–Kier alpha value is -2.86. The third-order valence-corrected chi connectivity index (χ3v) is 4.16. The van der Waals surface area contributed by atoms with Crippen LogP contribution in [0, 0.1) is 28.6 Å². The smallest absolute Gasteiger partial charge is 0.255 e. The Bertz CT molecular complexity index is 665. The molecule has 0 spiro atoms. The number of carbonyl (C=O) groups excluding carboxylic acids is 2. The monoisotopic (exact) mass is 324 g/mol. The van der Waals surface area contributed by atoms with Crippen molar-refractivity contribution in [2.24, 2.45) is 5.92 Å². The van der Waals surface area contributed by atoms with E-state index in [1.807, 2.05) is 12.1 Å². The standard InChI is InChI=1S/C18H20N4O2/c19-9-11-22(12-10-20)18(24)15-7-4-8-16(13-15)21-17(23)14-5-2-1-3-6-14/h4,7-8,13-14H,1-3,5-6,11-12H2,(H,21,23). The highest BCUT2D eigenvalue weighted by Crippen LogP contribution is 2.25. The summed E-state index contributed by atoms with van der Waals surface area (Å²) < 4.78 is 0. The zero-order valence-corrected chi connectivity index (χ0v) is 13.5. The molecule has 1 aromatic carbocycles. The molecule has 124 valence electrons. The maximum absolute atomic E-state index is 12.4. The van der Waals surface area contributed by atoms with Crippen LogP contribution in [0.5, 0.6) is 0 Å². The average Bonchev–Trinajstić information content (AvgIpc) is 2.62. The summed E-state index contributed by atoms with van der Waals surface area (Å²) in [6.07, 6.45) is 5.15. The summed E-state index contributed by atoms with van der Waals surface area (Å²) >= 11 is 0. The van der Waals surface area contributed by atoms with Gasteiger partial charge in [-0.15, -0.1) is 0 Å². The maximum Gasteiger partial charge on any atom is 0.255 e. The predicted octanol–water partition coefficient (Wildman–Crippen LogP) is 2.69. The van der Waals surface area contributed by atoms with Gasteiger partial charge in [0.15, 0.2) is 0 Å². The Kier molecular flexibility index (Phi) is 6.33. The van der Waals surface area contributed by atoms with E-state index in [1.165, 1.54) is 11.3 Å². The third kappa shape index (κ3) is 4.57. The van der Waals surface area contributed by atoms with Crippen LogP contribution in [0.25, 0.3) is 0 Å². The molecule has 0 aromatic heterocycles. The second-order valence-corrected chi connectivity index (χ2v) is 5.88. The molecule has 2 amide bonds. The fourth-order valence-electron chi connectivity index (χ4n) is 2.89. The molecule has 1 fully saturated rings. The number of amides is 2. The highest BCUT2D eigenvalue weighted by atomic mass is 16.2. The Labute approximate surface area is 141 Å². The lowest BCUT2D eigenvalue weighted by atomic mass is 9.88. The normalized spacial score (nSPS) is 14.2. The number of nitrogens with zero attached hydrogens (tertiary/aromatic N) is 3. The Morgan fingerprint density at radius 2 is 1.79 bits per heavy atom. The van der Waals surface area contributed by atoms with Crippen LogP contribution in [0.2, 0.25) is 0 Å². The summed E-state index contributed by atoms with van der Waals surface area (Å²) in [5.74, 6) is -0.371. The highest BCUT2D eigenvalue weighted by Gasteiger charge is 2.21.